The van der Waals surface area contributed by atoms with Crippen LogP contribution in [0.15, 0.2) is 48.8 Å². The molecule has 0 aliphatic carbocycles. The highest BCUT2D eigenvalue weighted by molar-refractivity contribution is 6.03. The van der Waals surface area contributed by atoms with E-state index in [9.17, 15) is 9.59 Å². The molecule has 7 heteroatoms. The van der Waals surface area contributed by atoms with Crippen molar-refractivity contribution in [2.45, 2.75) is 26.2 Å². The Hall–Kier alpha value is -3.19. The minimum Gasteiger partial charge on any atom is -0.325 e. The van der Waals surface area contributed by atoms with Gasteiger partial charge in [-0.3, -0.25) is 14.5 Å². The summed E-state index contributed by atoms with van der Waals surface area (Å²) in [4.78, 5) is 31.3. The first-order valence-corrected chi connectivity index (χ1v) is 9.96. The van der Waals surface area contributed by atoms with Crippen molar-refractivity contribution in [2.24, 2.45) is 0 Å². The molecule has 0 bridgehead atoms. The molecule has 2 aromatic heterocycles. The molecule has 2 amide bonds. The van der Waals surface area contributed by atoms with E-state index in [-0.39, 0.29) is 11.8 Å². The lowest BCUT2D eigenvalue weighted by molar-refractivity contribution is -0.117. The summed E-state index contributed by atoms with van der Waals surface area (Å²) in [5, 5.41) is 5.76. The van der Waals surface area contributed by atoms with Crippen LogP contribution in [-0.4, -0.2) is 45.7 Å². The van der Waals surface area contributed by atoms with Crippen molar-refractivity contribution in [1.29, 1.82) is 0 Å². The number of hydrogen-bond acceptors (Lipinski definition) is 4. The Morgan fingerprint density at radius 1 is 1.00 bits per heavy atom. The summed E-state index contributed by atoms with van der Waals surface area (Å²) in [6.45, 7) is 4.38. The van der Waals surface area contributed by atoms with Gasteiger partial charge in [0.15, 0.2) is 0 Å². The van der Waals surface area contributed by atoms with Crippen LogP contribution in [0.1, 0.15) is 35.3 Å². The number of anilines is 2. The van der Waals surface area contributed by atoms with Gasteiger partial charge in [0.2, 0.25) is 5.91 Å². The Labute approximate surface area is 169 Å². The summed E-state index contributed by atoms with van der Waals surface area (Å²) < 4.78 is 1.82. The molecule has 3 heterocycles. The third-order valence-corrected chi connectivity index (χ3v) is 5.09. The van der Waals surface area contributed by atoms with Gasteiger partial charge in [-0.05, 0) is 74.8 Å². The lowest BCUT2D eigenvalue weighted by Gasteiger charge is -2.25. The molecule has 2 N–H and O–H groups in total. The monoisotopic (exact) mass is 391 g/mol. The number of imidazole rings is 1. The molecule has 1 saturated heterocycles. The van der Waals surface area contributed by atoms with Gasteiger partial charge in [-0.25, -0.2) is 4.98 Å². The Morgan fingerprint density at radius 2 is 1.69 bits per heavy atom. The van der Waals surface area contributed by atoms with Crippen molar-refractivity contribution in [3.8, 4) is 0 Å². The van der Waals surface area contributed by atoms with E-state index in [1.165, 1.54) is 6.42 Å². The fourth-order valence-corrected chi connectivity index (χ4v) is 3.55. The van der Waals surface area contributed by atoms with Gasteiger partial charge >= 0.3 is 0 Å². The molecule has 7 nitrogen and oxygen atoms in total. The number of hydrogen-bond donors (Lipinski definition) is 2. The molecule has 150 valence electrons. The van der Waals surface area contributed by atoms with E-state index in [4.69, 9.17) is 0 Å². The molecule has 1 aliphatic rings. The zero-order valence-corrected chi connectivity index (χ0v) is 16.5. The number of rotatable bonds is 5. The normalized spacial score (nSPS) is 14.7. The van der Waals surface area contributed by atoms with Crippen molar-refractivity contribution < 1.29 is 9.59 Å². The molecule has 0 unspecified atom stereocenters. The van der Waals surface area contributed by atoms with E-state index >= 15 is 0 Å². The summed E-state index contributed by atoms with van der Waals surface area (Å²) in [5.41, 5.74) is 3.55. The van der Waals surface area contributed by atoms with Gasteiger partial charge in [0, 0.05) is 23.8 Å². The Bertz CT molecular complexity index is 1020. The highest BCUT2D eigenvalue weighted by atomic mass is 16.2. The zero-order valence-electron chi connectivity index (χ0n) is 16.5. The summed E-state index contributed by atoms with van der Waals surface area (Å²) in [5.74, 6) is -0.281. The number of benzene rings is 1. The van der Waals surface area contributed by atoms with Crippen molar-refractivity contribution in [1.82, 2.24) is 14.3 Å². The van der Waals surface area contributed by atoms with Crippen LogP contribution < -0.4 is 10.6 Å². The third-order valence-electron chi connectivity index (χ3n) is 5.09. The first-order valence-electron chi connectivity index (χ1n) is 9.96. The molecular weight excluding hydrogens is 366 g/mol. The molecule has 29 heavy (non-hydrogen) atoms. The Morgan fingerprint density at radius 3 is 2.41 bits per heavy atom. The molecule has 0 radical (unpaired) electrons. The van der Waals surface area contributed by atoms with Crippen LogP contribution in [-0.2, 0) is 4.79 Å². The number of pyridine rings is 1. The van der Waals surface area contributed by atoms with Gasteiger partial charge in [0.05, 0.1) is 6.54 Å². The van der Waals surface area contributed by atoms with Crippen molar-refractivity contribution in [3.05, 3.63) is 60.0 Å². The number of nitrogens with one attached hydrogen (secondary N) is 2. The molecule has 0 atom stereocenters. The molecule has 1 aromatic carbocycles. The van der Waals surface area contributed by atoms with Crippen LogP contribution in [0.4, 0.5) is 11.4 Å². The van der Waals surface area contributed by atoms with Crippen molar-refractivity contribution in [3.63, 3.8) is 0 Å². The quantitative estimate of drug-likeness (QED) is 0.699. The number of carbonyl (C=O) groups excluding carboxylic acids is 2. The summed E-state index contributed by atoms with van der Waals surface area (Å²) in [6.07, 6.45) is 7.16. The van der Waals surface area contributed by atoms with Crippen molar-refractivity contribution in [2.75, 3.05) is 30.3 Å². The lowest BCUT2D eigenvalue weighted by atomic mass is 10.1. The Kier molecular flexibility index (Phi) is 5.57. The van der Waals surface area contributed by atoms with Crippen LogP contribution in [0.2, 0.25) is 0 Å². The molecule has 1 aliphatic heterocycles. The topological polar surface area (TPSA) is 78.7 Å². The van der Waals surface area contributed by atoms with Gasteiger partial charge in [0.25, 0.3) is 5.91 Å². The second kappa shape index (κ2) is 8.45. The van der Waals surface area contributed by atoms with E-state index in [1.54, 1.807) is 30.5 Å². The number of aromatic nitrogens is 2. The van der Waals surface area contributed by atoms with Crippen LogP contribution in [0.5, 0.6) is 0 Å². The van der Waals surface area contributed by atoms with Gasteiger partial charge in [0.1, 0.15) is 11.3 Å². The average molecular weight is 391 g/mol. The predicted molar refractivity (Wildman–Crippen MR) is 113 cm³/mol. The largest absolute Gasteiger partial charge is 0.325 e. The SMILES string of the molecule is Cc1ccn2cc(C(=O)Nc3ccc(NC(=O)CN4CCCCC4)cc3)nc2c1. The third kappa shape index (κ3) is 4.81. The number of piperidine rings is 1. The first-order chi connectivity index (χ1) is 14.1. The minimum absolute atomic E-state index is 0.0105. The zero-order chi connectivity index (χ0) is 20.2. The highest BCUT2D eigenvalue weighted by Crippen LogP contribution is 2.16. The molecule has 0 spiro atoms. The predicted octanol–water partition coefficient (Wildman–Crippen LogP) is 3.32. The average Bonchev–Trinajstić information content (AvgIpc) is 3.13. The van der Waals surface area contributed by atoms with E-state index in [0.717, 1.165) is 37.1 Å². The van der Waals surface area contributed by atoms with Gasteiger partial charge < -0.3 is 15.0 Å². The van der Waals surface area contributed by atoms with Crippen molar-refractivity contribution >= 4 is 28.8 Å². The number of aryl methyl sites for hydroxylation is 1. The van der Waals surface area contributed by atoms with E-state index in [2.05, 4.69) is 20.5 Å². The Balaban J connectivity index is 1.34. The van der Waals surface area contributed by atoms with E-state index in [1.807, 2.05) is 29.7 Å². The summed E-state index contributed by atoms with van der Waals surface area (Å²) in [6, 6.07) is 11.0. The number of amides is 2. The molecule has 4 rings (SSSR count). The fourth-order valence-electron chi connectivity index (χ4n) is 3.55. The number of nitrogens with zero attached hydrogens (tertiary/aromatic N) is 3. The lowest BCUT2D eigenvalue weighted by Crippen LogP contribution is -2.36. The number of carbonyl (C=O) groups is 2. The number of likely N-dealkylation sites (tertiary alicyclic amines) is 1. The highest BCUT2D eigenvalue weighted by Gasteiger charge is 2.14. The van der Waals surface area contributed by atoms with E-state index in [0.29, 0.717) is 23.6 Å². The van der Waals surface area contributed by atoms with E-state index < -0.39 is 0 Å². The second-order valence-electron chi connectivity index (χ2n) is 7.51. The maximum atomic E-state index is 12.5. The standard InChI is InChI=1S/C22H25N5O2/c1-16-9-12-27-14-19(25-20(27)13-16)22(29)24-18-7-5-17(6-8-18)23-21(28)15-26-10-3-2-4-11-26/h5-9,12-14H,2-4,10-11,15H2,1H3,(H,23,28)(H,24,29). The van der Waals surface area contributed by atoms with Gasteiger partial charge in [-0.2, -0.15) is 0 Å². The van der Waals surface area contributed by atoms with Crippen LogP contribution >= 0.6 is 0 Å². The second-order valence-corrected chi connectivity index (χ2v) is 7.51. The maximum Gasteiger partial charge on any atom is 0.275 e. The molecule has 1 fully saturated rings. The summed E-state index contributed by atoms with van der Waals surface area (Å²) >= 11 is 0. The smallest absolute Gasteiger partial charge is 0.275 e. The van der Waals surface area contributed by atoms with Crippen LogP contribution in [0.3, 0.4) is 0 Å². The van der Waals surface area contributed by atoms with Gasteiger partial charge in [-0.15, -0.1) is 0 Å². The molecule has 0 saturated carbocycles. The summed E-state index contributed by atoms with van der Waals surface area (Å²) in [7, 11) is 0. The van der Waals surface area contributed by atoms with Gasteiger partial charge in [-0.1, -0.05) is 6.42 Å². The number of fused-ring (bicyclic) bond motifs is 1. The van der Waals surface area contributed by atoms with Crippen LogP contribution in [0, 0.1) is 6.92 Å². The minimum atomic E-state index is -0.270. The molecular formula is C22H25N5O2. The fraction of sp³-hybridized carbons (Fsp3) is 0.318. The molecule has 3 aromatic rings. The van der Waals surface area contributed by atoms with Crippen LogP contribution in [0.25, 0.3) is 5.65 Å². The first kappa shape index (κ1) is 19.1. The maximum absolute atomic E-state index is 12.5.